The molecule has 1 fully saturated rings. The second-order valence-electron chi connectivity index (χ2n) is 5.57. The SMILES string of the molecule is Cc1cc(C)n2nc(N3CC(CS(N)(=O)=O)CC3=O)nc2n1. The topological polar surface area (TPSA) is 124 Å². The van der Waals surface area contributed by atoms with E-state index in [-0.39, 0.29) is 36.5 Å². The molecule has 0 bridgehead atoms. The average Bonchev–Trinajstić information content (AvgIpc) is 2.90. The predicted octanol–water partition coefficient (Wildman–Crippen LogP) is -0.617. The highest BCUT2D eigenvalue weighted by atomic mass is 32.2. The Labute approximate surface area is 127 Å². The molecule has 0 aromatic carbocycles. The first-order chi connectivity index (χ1) is 10.2. The van der Waals surface area contributed by atoms with Gasteiger partial charge < -0.3 is 0 Å². The summed E-state index contributed by atoms with van der Waals surface area (Å²) in [6.07, 6.45) is 0.122. The van der Waals surface area contributed by atoms with Crippen molar-refractivity contribution >= 4 is 27.7 Å². The number of aromatic nitrogens is 4. The molecule has 9 nitrogen and oxygen atoms in total. The average molecular weight is 324 g/mol. The van der Waals surface area contributed by atoms with Crippen LogP contribution in [0.1, 0.15) is 17.8 Å². The van der Waals surface area contributed by atoms with E-state index in [1.165, 1.54) is 4.90 Å². The lowest BCUT2D eigenvalue weighted by Gasteiger charge is -2.11. The van der Waals surface area contributed by atoms with Crippen molar-refractivity contribution in [1.29, 1.82) is 0 Å². The Morgan fingerprint density at radius 1 is 1.36 bits per heavy atom. The zero-order chi connectivity index (χ0) is 16.1. The number of rotatable bonds is 3. The molecular weight excluding hydrogens is 308 g/mol. The fourth-order valence-electron chi connectivity index (χ4n) is 2.69. The van der Waals surface area contributed by atoms with Crippen LogP contribution >= 0.6 is 0 Å². The van der Waals surface area contributed by atoms with Gasteiger partial charge in [0.25, 0.3) is 11.7 Å². The van der Waals surface area contributed by atoms with Gasteiger partial charge in [0.1, 0.15) is 0 Å². The van der Waals surface area contributed by atoms with E-state index in [0.717, 1.165) is 11.4 Å². The van der Waals surface area contributed by atoms with Gasteiger partial charge in [-0.1, -0.05) is 0 Å². The molecule has 1 aliphatic heterocycles. The lowest BCUT2D eigenvalue weighted by molar-refractivity contribution is -0.117. The van der Waals surface area contributed by atoms with Gasteiger partial charge in [-0.2, -0.15) is 9.50 Å². The van der Waals surface area contributed by atoms with E-state index in [0.29, 0.717) is 5.78 Å². The highest BCUT2D eigenvalue weighted by molar-refractivity contribution is 7.89. The molecule has 2 aromatic heterocycles. The predicted molar refractivity (Wildman–Crippen MR) is 78.7 cm³/mol. The summed E-state index contributed by atoms with van der Waals surface area (Å²) in [5.41, 5.74) is 1.66. The number of nitrogens with two attached hydrogens (primary N) is 1. The Morgan fingerprint density at radius 3 is 2.77 bits per heavy atom. The summed E-state index contributed by atoms with van der Waals surface area (Å²) >= 11 is 0. The number of primary sulfonamides is 1. The van der Waals surface area contributed by atoms with Crippen molar-refractivity contribution in [3.63, 3.8) is 0 Å². The molecule has 1 unspecified atom stereocenters. The number of aryl methyl sites for hydroxylation is 2. The van der Waals surface area contributed by atoms with Crippen LogP contribution in [0.2, 0.25) is 0 Å². The van der Waals surface area contributed by atoms with Crippen molar-refractivity contribution in [2.45, 2.75) is 20.3 Å². The van der Waals surface area contributed by atoms with Gasteiger partial charge in [-0.15, -0.1) is 5.10 Å². The van der Waals surface area contributed by atoms with Crippen LogP contribution in [0.15, 0.2) is 6.07 Å². The molecule has 1 aliphatic rings. The van der Waals surface area contributed by atoms with Crippen LogP contribution < -0.4 is 10.0 Å². The molecule has 0 spiro atoms. The van der Waals surface area contributed by atoms with Gasteiger partial charge in [-0.05, 0) is 19.9 Å². The summed E-state index contributed by atoms with van der Waals surface area (Å²) in [6.45, 7) is 3.96. The van der Waals surface area contributed by atoms with Crippen molar-refractivity contribution in [1.82, 2.24) is 19.6 Å². The van der Waals surface area contributed by atoms with E-state index in [2.05, 4.69) is 15.1 Å². The van der Waals surface area contributed by atoms with Crippen molar-refractivity contribution in [2.24, 2.45) is 11.1 Å². The number of hydrogen-bond donors (Lipinski definition) is 1. The van der Waals surface area contributed by atoms with Crippen LogP contribution in [0.3, 0.4) is 0 Å². The monoisotopic (exact) mass is 324 g/mol. The van der Waals surface area contributed by atoms with Gasteiger partial charge in [0.15, 0.2) is 0 Å². The second-order valence-corrected chi connectivity index (χ2v) is 7.23. The van der Waals surface area contributed by atoms with Crippen LogP contribution in [0.5, 0.6) is 0 Å². The maximum atomic E-state index is 12.1. The van der Waals surface area contributed by atoms with Crippen LogP contribution in [-0.4, -0.2) is 46.2 Å². The first-order valence-electron chi connectivity index (χ1n) is 6.75. The van der Waals surface area contributed by atoms with Gasteiger partial charge in [-0.3, -0.25) is 9.69 Å². The third-order valence-corrected chi connectivity index (χ3v) is 4.46. The smallest absolute Gasteiger partial charge is 0.254 e. The molecule has 1 saturated heterocycles. The minimum absolute atomic E-state index is 0.122. The lowest BCUT2D eigenvalue weighted by Crippen LogP contribution is -2.28. The summed E-state index contributed by atoms with van der Waals surface area (Å²) in [4.78, 5) is 22.0. The van der Waals surface area contributed by atoms with Gasteiger partial charge in [0, 0.05) is 30.3 Å². The summed E-state index contributed by atoms with van der Waals surface area (Å²) < 4.78 is 23.9. The molecule has 3 rings (SSSR count). The van der Waals surface area contributed by atoms with Crippen molar-refractivity contribution in [2.75, 3.05) is 17.2 Å². The Kier molecular flexibility index (Phi) is 3.37. The number of sulfonamides is 1. The summed E-state index contributed by atoms with van der Waals surface area (Å²) in [7, 11) is -3.61. The normalized spacial score (nSPS) is 19.3. The standard InChI is InChI=1S/C12H16N6O3S/c1-7-3-8(2)18-11(14-7)15-12(16-18)17-5-9(4-10(17)19)6-22(13,20)21/h3,9H,4-6H2,1-2H3,(H2,13,20,21). The minimum atomic E-state index is -3.61. The fourth-order valence-corrected chi connectivity index (χ4v) is 3.57. The van der Waals surface area contributed by atoms with Gasteiger partial charge >= 0.3 is 0 Å². The van der Waals surface area contributed by atoms with Crippen LogP contribution in [0.25, 0.3) is 5.78 Å². The molecule has 0 aliphatic carbocycles. The zero-order valence-electron chi connectivity index (χ0n) is 12.2. The van der Waals surface area contributed by atoms with E-state index >= 15 is 0 Å². The summed E-state index contributed by atoms with van der Waals surface area (Å²) in [5.74, 6) is -0.124. The maximum absolute atomic E-state index is 12.1. The van der Waals surface area contributed by atoms with Crippen molar-refractivity contribution < 1.29 is 13.2 Å². The molecule has 2 N–H and O–H groups in total. The number of nitrogens with zero attached hydrogens (tertiary/aromatic N) is 5. The number of carbonyl (C=O) groups excluding carboxylic acids is 1. The highest BCUT2D eigenvalue weighted by Gasteiger charge is 2.35. The third kappa shape index (κ3) is 2.79. The minimum Gasteiger partial charge on any atom is -0.279 e. The quantitative estimate of drug-likeness (QED) is 0.802. The molecule has 0 radical (unpaired) electrons. The number of fused-ring (bicyclic) bond motifs is 1. The third-order valence-electron chi connectivity index (χ3n) is 3.52. The summed E-state index contributed by atoms with van der Waals surface area (Å²) in [6, 6.07) is 1.86. The molecular formula is C12H16N6O3S. The van der Waals surface area contributed by atoms with Crippen LogP contribution in [-0.2, 0) is 14.8 Å². The van der Waals surface area contributed by atoms with E-state index in [4.69, 9.17) is 5.14 Å². The maximum Gasteiger partial charge on any atom is 0.254 e. The Bertz CT molecular complexity index is 859. The largest absolute Gasteiger partial charge is 0.279 e. The van der Waals surface area contributed by atoms with E-state index in [1.807, 2.05) is 19.9 Å². The Balaban J connectivity index is 1.91. The molecule has 2 aromatic rings. The fraction of sp³-hybridized carbons (Fsp3) is 0.500. The van der Waals surface area contributed by atoms with Crippen molar-refractivity contribution in [3.8, 4) is 0 Å². The Morgan fingerprint density at radius 2 is 2.09 bits per heavy atom. The van der Waals surface area contributed by atoms with Crippen LogP contribution in [0, 0.1) is 19.8 Å². The van der Waals surface area contributed by atoms with E-state index < -0.39 is 10.0 Å². The highest BCUT2D eigenvalue weighted by Crippen LogP contribution is 2.23. The number of anilines is 1. The molecule has 10 heteroatoms. The first-order valence-corrected chi connectivity index (χ1v) is 8.46. The molecule has 118 valence electrons. The second kappa shape index (κ2) is 4.99. The Hall–Kier alpha value is -2.07. The van der Waals surface area contributed by atoms with E-state index in [9.17, 15) is 13.2 Å². The van der Waals surface area contributed by atoms with Gasteiger partial charge in [-0.25, -0.2) is 18.5 Å². The molecule has 22 heavy (non-hydrogen) atoms. The molecule has 0 saturated carbocycles. The van der Waals surface area contributed by atoms with Crippen LogP contribution in [0.4, 0.5) is 5.95 Å². The summed E-state index contributed by atoms with van der Waals surface area (Å²) in [5, 5.41) is 9.32. The zero-order valence-corrected chi connectivity index (χ0v) is 13.0. The first kappa shape index (κ1) is 14.9. The number of hydrogen-bond acceptors (Lipinski definition) is 6. The van der Waals surface area contributed by atoms with Gasteiger partial charge in [0.2, 0.25) is 15.9 Å². The van der Waals surface area contributed by atoms with Gasteiger partial charge in [0.05, 0.1) is 5.75 Å². The molecule has 1 amide bonds. The van der Waals surface area contributed by atoms with Crippen molar-refractivity contribution in [3.05, 3.63) is 17.5 Å². The molecule has 1 atom stereocenters. The molecule has 3 heterocycles. The number of carbonyl (C=O) groups is 1. The lowest BCUT2D eigenvalue weighted by atomic mass is 10.1. The van der Waals surface area contributed by atoms with E-state index in [1.54, 1.807) is 4.52 Å². The number of amides is 1.